The third kappa shape index (κ3) is 4.79. The normalized spacial score (nSPS) is 13.1. The van der Waals surface area contributed by atoms with Crippen molar-refractivity contribution in [2.24, 2.45) is 0 Å². The van der Waals surface area contributed by atoms with Gasteiger partial charge in [0.15, 0.2) is 11.6 Å². The molecule has 8 rings (SSSR count). The Morgan fingerprint density at radius 1 is 0.652 bits per heavy atom. The Labute approximate surface area is 267 Å². The third-order valence-electron chi connectivity index (χ3n) is 8.32. The van der Waals surface area contributed by atoms with Crippen LogP contribution in [0.15, 0.2) is 152 Å². The van der Waals surface area contributed by atoms with Crippen molar-refractivity contribution in [2.75, 3.05) is 0 Å². The number of fused-ring (bicyclic) bond motifs is 2. The molecular formula is C41H31N5. The molecule has 5 heteroatoms. The summed E-state index contributed by atoms with van der Waals surface area (Å²) in [5.41, 5.74) is 8.35. The summed E-state index contributed by atoms with van der Waals surface area (Å²) in [5.74, 6) is 1.82. The summed E-state index contributed by atoms with van der Waals surface area (Å²) in [5, 5.41) is 2.29. The van der Waals surface area contributed by atoms with E-state index in [0.717, 1.165) is 62.0 Å². The molecule has 0 saturated carbocycles. The minimum atomic E-state index is 0.568. The number of benzene rings is 4. The third-order valence-corrected chi connectivity index (χ3v) is 8.32. The summed E-state index contributed by atoms with van der Waals surface area (Å²) in [6.45, 7) is 2.07. The highest BCUT2D eigenvalue weighted by Crippen LogP contribution is 2.41. The number of para-hydroxylation sites is 2. The lowest BCUT2D eigenvalue weighted by atomic mass is 10.1. The van der Waals surface area contributed by atoms with Gasteiger partial charge in [0.05, 0.1) is 22.4 Å². The predicted molar refractivity (Wildman–Crippen MR) is 190 cm³/mol. The molecule has 0 amide bonds. The molecule has 0 bridgehead atoms. The molecule has 4 aromatic carbocycles. The van der Waals surface area contributed by atoms with Crippen molar-refractivity contribution in [3.8, 4) is 40.1 Å². The SMILES string of the molecule is C/C=C\c1c(-c2cc3ccccc3n2C2=CCC=CC=C2)n(-c2nc(-c3ccccc3)nc(-c3ccccc3)n2)c2ccccc12. The van der Waals surface area contributed by atoms with Crippen LogP contribution in [0.25, 0.3) is 73.7 Å². The molecule has 220 valence electrons. The molecule has 0 fully saturated rings. The average Bonchev–Trinajstić information content (AvgIpc) is 3.52. The van der Waals surface area contributed by atoms with Crippen molar-refractivity contribution in [3.05, 3.63) is 157 Å². The highest BCUT2D eigenvalue weighted by Gasteiger charge is 2.25. The average molecular weight is 594 g/mol. The molecule has 1 aliphatic carbocycles. The fourth-order valence-electron chi connectivity index (χ4n) is 6.30. The molecule has 0 N–H and O–H groups in total. The first kappa shape index (κ1) is 27.5. The van der Waals surface area contributed by atoms with Gasteiger partial charge in [-0.2, -0.15) is 9.97 Å². The molecule has 5 nitrogen and oxygen atoms in total. The van der Waals surface area contributed by atoms with Crippen molar-refractivity contribution < 1.29 is 0 Å². The van der Waals surface area contributed by atoms with Crippen LogP contribution in [-0.2, 0) is 0 Å². The number of rotatable bonds is 6. The van der Waals surface area contributed by atoms with Gasteiger partial charge < -0.3 is 4.57 Å². The highest BCUT2D eigenvalue weighted by molar-refractivity contribution is 6.01. The van der Waals surface area contributed by atoms with Crippen LogP contribution in [0, 0.1) is 0 Å². The van der Waals surface area contributed by atoms with Crippen molar-refractivity contribution in [2.45, 2.75) is 13.3 Å². The molecule has 0 saturated heterocycles. The van der Waals surface area contributed by atoms with Crippen LogP contribution >= 0.6 is 0 Å². The van der Waals surface area contributed by atoms with Gasteiger partial charge in [-0.1, -0.05) is 134 Å². The van der Waals surface area contributed by atoms with E-state index in [1.165, 1.54) is 0 Å². The van der Waals surface area contributed by atoms with Gasteiger partial charge in [-0.25, -0.2) is 4.98 Å². The molecule has 3 aromatic heterocycles. The van der Waals surface area contributed by atoms with Crippen LogP contribution in [0.2, 0.25) is 0 Å². The Balaban J connectivity index is 1.50. The quantitative estimate of drug-likeness (QED) is 0.193. The van der Waals surface area contributed by atoms with Gasteiger partial charge >= 0.3 is 0 Å². The summed E-state index contributed by atoms with van der Waals surface area (Å²) in [4.78, 5) is 15.4. The Morgan fingerprint density at radius 2 is 1.30 bits per heavy atom. The van der Waals surface area contributed by atoms with E-state index in [1.807, 2.05) is 60.7 Å². The van der Waals surface area contributed by atoms with Gasteiger partial charge in [0, 0.05) is 33.2 Å². The van der Waals surface area contributed by atoms with E-state index in [2.05, 4.69) is 113 Å². The number of allylic oxidation sites excluding steroid dienone is 7. The number of nitrogens with zero attached hydrogens (tertiary/aromatic N) is 5. The maximum Gasteiger partial charge on any atom is 0.238 e. The largest absolute Gasteiger partial charge is 0.308 e. The zero-order valence-corrected chi connectivity index (χ0v) is 25.5. The van der Waals surface area contributed by atoms with E-state index in [9.17, 15) is 0 Å². The fourth-order valence-corrected chi connectivity index (χ4v) is 6.30. The number of hydrogen-bond acceptors (Lipinski definition) is 3. The lowest BCUT2D eigenvalue weighted by molar-refractivity contribution is 0.931. The first-order valence-electron chi connectivity index (χ1n) is 15.6. The monoisotopic (exact) mass is 593 g/mol. The molecular weight excluding hydrogens is 562 g/mol. The van der Waals surface area contributed by atoms with Crippen molar-refractivity contribution in [1.29, 1.82) is 0 Å². The predicted octanol–water partition coefficient (Wildman–Crippen LogP) is 10.2. The smallest absolute Gasteiger partial charge is 0.238 e. The van der Waals surface area contributed by atoms with Gasteiger partial charge in [0.1, 0.15) is 0 Å². The lowest BCUT2D eigenvalue weighted by Gasteiger charge is -2.16. The van der Waals surface area contributed by atoms with Crippen molar-refractivity contribution >= 4 is 33.6 Å². The molecule has 0 spiro atoms. The van der Waals surface area contributed by atoms with Crippen LogP contribution in [0.5, 0.6) is 0 Å². The summed E-state index contributed by atoms with van der Waals surface area (Å²) in [6, 6.07) is 39.7. The van der Waals surface area contributed by atoms with Gasteiger partial charge in [0.2, 0.25) is 5.95 Å². The van der Waals surface area contributed by atoms with E-state index >= 15 is 0 Å². The van der Waals surface area contributed by atoms with Crippen molar-refractivity contribution in [3.63, 3.8) is 0 Å². The summed E-state index contributed by atoms with van der Waals surface area (Å²) >= 11 is 0. The molecule has 0 radical (unpaired) electrons. The zero-order chi connectivity index (χ0) is 30.9. The highest BCUT2D eigenvalue weighted by atomic mass is 15.2. The zero-order valence-electron chi connectivity index (χ0n) is 25.5. The van der Waals surface area contributed by atoms with E-state index in [-0.39, 0.29) is 0 Å². The maximum absolute atomic E-state index is 5.19. The fraction of sp³-hybridized carbons (Fsp3) is 0.0488. The van der Waals surface area contributed by atoms with Crippen LogP contribution in [-0.4, -0.2) is 24.1 Å². The second-order valence-electron chi connectivity index (χ2n) is 11.2. The van der Waals surface area contributed by atoms with Gasteiger partial charge in [-0.3, -0.25) is 4.57 Å². The molecule has 0 unspecified atom stereocenters. The Hall–Kier alpha value is -6.07. The summed E-state index contributed by atoms with van der Waals surface area (Å²) < 4.78 is 4.59. The van der Waals surface area contributed by atoms with Crippen LogP contribution in [0.3, 0.4) is 0 Å². The minimum Gasteiger partial charge on any atom is -0.308 e. The van der Waals surface area contributed by atoms with Crippen molar-refractivity contribution in [1.82, 2.24) is 24.1 Å². The number of hydrogen-bond donors (Lipinski definition) is 0. The maximum atomic E-state index is 5.19. The lowest BCUT2D eigenvalue weighted by Crippen LogP contribution is -2.09. The van der Waals surface area contributed by atoms with E-state index < -0.39 is 0 Å². The first-order chi connectivity index (χ1) is 22.8. The molecule has 3 heterocycles. The summed E-state index contributed by atoms with van der Waals surface area (Å²) in [6.07, 6.45) is 16.0. The second kappa shape index (κ2) is 11.8. The molecule has 1 aliphatic rings. The van der Waals surface area contributed by atoms with Gasteiger partial charge in [0.25, 0.3) is 0 Å². The van der Waals surface area contributed by atoms with Gasteiger partial charge in [-0.05, 0) is 37.6 Å². The minimum absolute atomic E-state index is 0.568. The number of aromatic nitrogens is 5. The Morgan fingerprint density at radius 3 is 2.02 bits per heavy atom. The summed E-state index contributed by atoms with van der Waals surface area (Å²) in [7, 11) is 0. The second-order valence-corrected chi connectivity index (χ2v) is 11.2. The molecule has 0 aliphatic heterocycles. The molecule has 0 atom stereocenters. The Bertz CT molecular complexity index is 2280. The topological polar surface area (TPSA) is 48.5 Å². The van der Waals surface area contributed by atoms with Gasteiger partial charge in [-0.15, -0.1) is 0 Å². The first-order valence-corrected chi connectivity index (χ1v) is 15.6. The van der Waals surface area contributed by atoms with E-state index in [1.54, 1.807) is 0 Å². The van der Waals surface area contributed by atoms with Crippen LogP contribution < -0.4 is 0 Å². The van der Waals surface area contributed by atoms with E-state index in [0.29, 0.717) is 17.6 Å². The molecule has 7 aromatic rings. The van der Waals surface area contributed by atoms with Crippen LogP contribution in [0.1, 0.15) is 18.9 Å². The van der Waals surface area contributed by atoms with E-state index in [4.69, 9.17) is 15.0 Å². The van der Waals surface area contributed by atoms with Crippen LogP contribution in [0.4, 0.5) is 0 Å². The molecule has 46 heavy (non-hydrogen) atoms. The Kier molecular flexibility index (Phi) is 7.04. The standard InChI is InChI=1S/C41H31N5/c1-2-17-34-33-25-14-16-27-36(33)46(38(34)37-28-31-22-13-15-26-35(31)45(37)32-23-11-3-4-12-24-32)41-43-39(29-18-7-5-8-19-29)42-40(44-41)30-20-9-6-10-21-30/h2-11,13-28H,12H2,1H3/b17-2-.